The Kier molecular flexibility index (Phi) is 6.81. The standard InChI is InChI=1S/C26H32N6O/c33-17-26(22-4-2-1-3-5-22)28-13-21-8-10-31(15-21)11-9-23-14-29-25-7-6-20(12-24(23)25)16-32-19-27-18-30-32/h1-7,12,14,18-19,21,26,28-29,33H,8-11,13,15-17H2/t21-,26-/m0/s1. The van der Waals surface area contributed by atoms with Crippen LogP contribution in [0.15, 0.2) is 67.4 Å². The smallest absolute Gasteiger partial charge is 0.137 e. The molecule has 0 bridgehead atoms. The summed E-state index contributed by atoms with van der Waals surface area (Å²) in [6.45, 7) is 5.12. The Morgan fingerprint density at radius 1 is 1.18 bits per heavy atom. The first-order chi connectivity index (χ1) is 16.3. The summed E-state index contributed by atoms with van der Waals surface area (Å²) in [5.41, 5.74) is 4.94. The summed E-state index contributed by atoms with van der Waals surface area (Å²) in [6.07, 6.45) is 7.73. The van der Waals surface area contributed by atoms with Gasteiger partial charge in [0, 0.05) is 30.2 Å². The number of benzene rings is 2. The van der Waals surface area contributed by atoms with E-state index in [2.05, 4.69) is 61.8 Å². The molecule has 3 N–H and O–H groups in total. The van der Waals surface area contributed by atoms with Crippen molar-refractivity contribution >= 4 is 10.9 Å². The first-order valence-electron chi connectivity index (χ1n) is 11.8. The molecule has 2 aromatic carbocycles. The van der Waals surface area contributed by atoms with Crippen LogP contribution >= 0.6 is 0 Å². The van der Waals surface area contributed by atoms with Gasteiger partial charge in [0.2, 0.25) is 0 Å². The Balaban J connectivity index is 1.13. The number of nitrogens with zero attached hydrogens (tertiary/aromatic N) is 4. The number of rotatable bonds is 10. The molecular formula is C26H32N6O. The van der Waals surface area contributed by atoms with Gasteiger partial charge in [-0.3, -0.25) is 0 Å². The van der Waals surface area contributed by atoms with E-state index in [4.69, 9.17) is 0 Å². The van der Waals surface area contributed by atoms with Crippen LogP contribution < -0.4 is 5.32 Å². The monoisotopic (exact) mass is 444 g/mol. The van der Waals surface area contributed by atoms with Crippen LogP contribution in [-0.4, -0.2) is 62.5 Å². The number of H-pyrrole nitrogens is 1. The van der Waals surface area contributed by atoms with E-state index in [1.165, 1.54) is 28.5 Å². The highest BCUT2D eigenvalue weighted by atomic mass is 16.3. The van der Waals surface area contributed by atoms with E-state index in [9.17, 15) is 5.11 Å². The molecule has 1 aliphatic heterocycles. The molecular weight excluding hydrogens is 412 g/mol. The molecule has 0 spiro atoms. The zero-order valence-corrected chi connectivity index (χ0v) is 18.9. The van der Waals surface area contributed by atoms with Crippen molar-refractivity contribution in [2.24, 2.45) is 5.92 Å². The molecule has 0 radical (unpaired) electrons. The summed E-state index contributed by atoms with van der Waals surface area (Å²) in [6, 6.07) is 16.8. The molecule has 4 aromatic rings. The van der Waals surface area contributed by atoms with E-state index >= 15 is 0 Å². The molecule has 2 atom stereocenters. The number of aromatic amines is 1. The highest BCUT2D eigenvalue weighted by Gasteiger charge is 2.23. The fraction of sp³-hybridized carbons (Fsp3) is 0.385. The fourth-order valence-corrected chi connectivity index (χ4v) is 4.88. The van der Waals surface area contributed by atoms with Gasteiger partial charge in [0.25, 0.3) is 0 Å². The largest absolute Gasteiger partial charge is 0.394 e. The van der Waals surface area contributed by atoms with Gasteiger partial charge in [0.15, 0.2) is 0 Å². The van der Waals surface area contributed by atoms with Crippen molar-refractivity contribution < 1.29 is 5.11 Å². The van der Waals surface area contributed by atoms with Crippen LogP contribution in [0.2, 0.25) is 0 Å². The van der Waals surface area contributed by atoms with Crippen molar-refractivity contribution in [1.82, 2.24) is 30.0 Å². The number of nitrogens with one attached hydrogen (secondary N) is 2. The molecule has 3 heterocycles. The zero-order valence-electron chi connectivity index (χ0n) is 18.9. The average Bonchev–Trinajstić information content (AvgIpc) is 3.60. The van der Waals surface area contributed by atoms with Crippen LogP contribution in [0.3, 0.4) is 0 Å². The average molecular weight is 445 g/mol. The number of aromatic nitrogens is 4. The van der Waals surface area contributed by atoms with Crippen LogP contribution in [0.5, 0.6) is 0 Å². The number of aliphatic hydroxyl groups is 1. The molecule has 33 heavy (non-hydrogen) atoms. The molecule has 7 nitrogen and oxygen atoms in total. The van der Waals surface area contributed by atoms with Crippen molar-refractivity contribution in [3.63, 3.8) is 0 Å². The van der Waals surface area contributed by atoms with Gasteiger partial charge in [-0.05, 0) is 60.7 Å². The molecule has 1 fully saturated rings. The topological polar surface area (TPSA) is 82.0 Å². The predicted octanol–water partition coefficient (Wildman–Crippen LogP) is 3.00. The predicted molar refractivity (Wildman–Crippen MR) is 130 cm³/mol. The van der Waals surface area contributed by atoms with E-state index in [1.54, 1.807) is 12.7 Å². The first-order valence-corrected chi connectivity index (χ1v) is 11.8. The molecule has 1 aliphatic rings. The lowest BCUT2D eigenvalue weighted by Crippen LogP contribution is -2.31. The second-order valence-corrected chi connectivity index (χ2v) is 9.05. The summed E-state index contributed by atoms with van der Waals surface area (Å²) in [7, 11) is 0. The summed E-state index contributed by atoms with van der Waals surface area (Å²) in [4.78, 5) is 10.0. The number of hydrogen-bond acceptors (Lipinski definition) is 5. The summed E-state index contributed by atoms with van der Waals surface area (Å²) in [5, 5.41) is 18.9. The molecule has 1 saturated heterocycles. The Bertz CT molecular complexity index is 1140. The normalized spacial score (nSPS) is 17.7. The van der Waals surface area contributed by atoms with Crippen LogP contribution in [0.1, 0.15) is 29.2 Å². The van der Waals surface area contributed by atoms with Crippen LogP contribution in [0, 0.1) is 5.92 Å². The van der Waals surface area contributed by atoms with Crippen molar-refractivity contribution in [1.29, 1.82) is 0 Å². The summed E-state index contributed by atoms with van der Waals surface area (Å²) >= 11 is 0. The van der Waals surface area contributed by atoms with Gasteiger partial charge in [-0.2, -0.15) is 5.10 Å². The minimum atomic E-state index is 0.0122. The number of fused-ring (bicyclic) bond motifs is 1. The SMILES string of the molecule is OC[C@H](NC[C@@H]1CCN(CCc2c[nH]c3ccc(Cn4cncn4)cc23)C1)c1ccccc1. The maximum atomic E-state index is 9.79. The van der Waals surface area contributed by atoms with Crippen molar-refractivity contribution in [3.05, 3.63) is 84.1 Å². The Morgan fingerprint density at radius 2 is 2.09 bits per heavy atom. The Labute approximate surface area is 194 Å². The van der Waals surface area contributed by atoms with Crippen molar-refractivity contribution in [2.45, 2.75) is 25.4 Å². The summed E-state index contributed by atoms with van der Waals surface area (Å²) in [5.74, 6) is 0.625. The quantitative estimate of drug-likeness (QED) is 0.350. The minimum Gasteiger partial charge on any atom is -0.394 e. The lowest BCUT2D eigenvalue weighted by molar-refractivity contribution is 0.237. The van der Waals surface area contributed by atoms with E-state index in [-0.39, 0.29) is 12.6 Å². The molecule has 0 amide bonds. The number of aliphatic hydroxyl groups excluding tert-OH is 1. The third-order valence-corrected chi connectivity index (χ3v) is 6.75. The highest BCUT2D eigenvalue weighted by Crippen LogP contribution is 2.23. The third-order valence-electron chi connectivity index (χ3n) is 6.75. The maximum absolute atomic E-state index is 9.79. The van der Waals surface area contributed by atoms with Crippen LogP contribution in [0.4, 0.5) is 0 Å². The molecule has 0 unspecified atom stereocenters. The van der Waals surface area contributed by atoms with E-state index in [0.717, 1.165) is 44.7 Å². The first kappa shape index (κ1) is 21.8. The lowest BCUT2D eigenvalue weighted by Gasteiger charge is -2.20. The van der Waals surface area contributed by atoms with Gasteiger partial charge in [0.1, 0.15) is 12.7 Å². The Hall–Kier alpha value is -3.00. The second-order valence-electron chi connectivity index (χ2n) is 9.05. The second kappa shape index (κ2) is 10.3. The van der Waals surface area contributed by atoms with E-state index < -0.39 is 0 Å². The lowest BCUT2D eigenvalue weighted by atomic mass is 10.1. The molecule has 0 aliphatic carbocycles. The van der Waals surface area contributed by atoms with Crippen molar-refractivity contribution in [2.75, 3.05) is 32.8 Å². The fourth-order valence-electron chi connectivity index (χ4n) is 4.88. The van der Waals surface area contributed by atoms with Crippen molar-refractivity contribution in [3.8, 4) is 0 Å². The molecule has 5 rings (SSSR count). The zero-order chi connectivity index (χ0) is 22.5. The van der Waals surface area contributed by atoms with Gasteiger partial charge in [-0.15, -0.1) is 0 Å². The van der Waals surface area contributed by atoms with Gasteiger partial charge in [-0.1, -0.05) is 36.4 Å². The summed E-state index contributed by atoms with van der Waals surface area (Å²) < 4.78 is 1.85. The third kappa shape index (κ3) is 5.33. The molecule has 7 heteroatoms. The van der Waals surface area contributed by atoms with Crippen LogP contribution in [-0.2, 0) is 13.0 Å². The van der Waals surface area contributed by atoms with Gasteiger partial charge < -0.3 is 20.3 Å². The van der Waals surface area contributed by atoms with Gasteiger partial charge in [0.05, 0.1) is 19.2 Å². The van der Waals surface area contributed by atoms with Gasteiger partial charge >= 0.3 is 0 Å². The highest BCUT2D eigenvalue weighted by molar-refractivity contribution is 5.83. The van der Waals surface area contributed by atoms with E-state index in [0.29, 0.717) is 5.92 Å². The van der Waals surface area contributed by atoms with Gasteiger partial charge in [-0.25, -0.2) is 9.67 Å². The number of hydrogen-bond donors (Lipinski definition) is 3. The maximum Gasteiger partial charge on any atom is 0.137 e. The van der Waals surface area contributed by atoms with E-state index in [1.807, 2.05) is 22.9 Å². The van der Waals surface area contributed by atoms with Crippen LogP contribution in [0.25, 0.3) is 10.9 Å². The molecule has 172 valence electrons. The Morgan fingerprint density at radius 3 is 2.91 bits per heavy atom. The molecule has 0 saturated carbocycles. The number of likely N-dealkylation sites (tertiary alicyclic amines) is 1. The molecule has 2 aromatic heterocycles. The minimum absolute atomic E-state index is 0.0122.